The Balaban J connectivity index is 2.20. The third-order valence-corrected chi connectivity index (χ3v) is 4.40. The Bertz CT molecular complexity index is 832. The smallest absolute Gasteiger partial charge is 0.258 e. The minimum Gasteiger partial charge on any atom is -0.258 e. The minimum absolute atomic E-state index is 0.0784. The van der Waals surface area contributed by atoms with E-state index in [0.29, 0.717) is 5.15 Å². The van der Waals surface area contributed by atoms with Gasteiger partial charge in [0.05, 0.1) is 15.1 Å². The molecule has 2 aromatic heterocycles. The Morgan fingerprint density at radius 2 is 2.05 bits per heavy atom. The van der Waals surface area contributed by atoms with Crippen molar-refractivity contribution in [2.24, 2.45) is 0 Å². The molecule has 0 unspecified atom stereocenters. The van der Waals surface area contributed by atoms with Crippen LogP contribution in [0.1, 0.15) is 5.56 Å². The van der Waals surface area contributed by atoms with Crippen LogP contribution in [0.15, 0.2) is 30.6 Å². The first kappa shape index (κ1) is 13.0. The highest BCUT2D eigenvalue weighted by molar-refractivity contribution is 7.22. The van der Waals surface area contributed by atoms with Gasteiger partial charge in [-0.3, -0.25) is 10.1 Å². The summed E-state index contributed by atoms with van der Waals surface area (Å²) < 4.78 is 0.785. The number of hydrogen-bond donors (Lipinski definition) is 0. The first-order chi connectivity index (χ1) is 9.54. The van der Waals surface area contributed by atoms with Gasteiger partial charge in [-0.1, -0.05) is 17.7 Å². The van der Waals surface area contributed by atoms with Crippen molar-refractivity contribution < 1.29 is 4.92 Å². The summed E-state index contributed by atoms with van der Waals surface area (Å²) in [7, 11) is 0. The number of nitro benzene ring substituents is 1. The highest BCUT2D eigenvalue weighted by atomic mass is 35.5. The van der Waals surface area contributed by atoms with Gasteiger partial charge in [0.25, 0.3) is 5.69 Å². The molecule has 0 bridgehead atoms. The number of rotatable bonds is 2. The van der Waals surface area contributed by atoms with Crippen molar-refractivity contribution >= 4 is 38.8 Å². The largest absolute Gasteiger partial charge is 0.270 e. The lowest BCUT2D eigenvalue weighted by Crippen LogP contribution is -1.89. The van der Waals surface area contributed by atoms with Crippen molar-refractivity contribution in [1.82, 2.24) is 9.97 Å². The Morgan fingerprint density at radius 1 is 1.25 bits per heavy atom. The van der Waals surface area contributed by atoms with Gasteiger partial charge in [-0.2, -0.15) is 0 Å². The van der Waals surface area contributed by atoms with Crippen LogP contribution in [0.2, 0.25) is 5.15 Å². The highest BCUT2D eigenvalue weighted by Crippen LogP contribution is 2.36. The predicted molar refractivity (Wildman–Crippen MR) is 79.3 cm³/mol. The normalized spacial score (nSPS) is 10.9. The van der Waals surface area contributed by atoms with E-state index in [2.05, 4.69) is 9.97 Å². The Kier molecular flexibility index (Phi) is 3.11. The van der Waals surface area contributed by atoms with Crippen LogP contribution in [-0.2, 0) is 0 Å². The maximum absolute atomic E-state index is 10.9. The minimum atomic E-state index is -0.392. The summed E-state index contributed by atoms with van der Waals surface area (Å²) in [5.41, 5.74) is 2.45. The van der Waals surface area contributed by atoms with Crippen molar-refractivity contribution in [3.63, 3.8) is 0 Å². The lowest BCUT2D eigenvalue weighted by atomic mass is 10.1. The van der Waals surface area contributed by atoms with E-state index >= 15 is 0 Å². The lowest BCUT2D eigenvalue weighted by Gasteiger charge is -2.00. The molecule has 5 nitrogen and oxygen atoms in total. The van der Waals surface area contributed by atoms with E-state index in [1.807, 2.05) is 19.1 Å². The van der Waals surface area contributed by atoms with Crippen molar-refractivity contribution in [2.45, 2.75) is 6.92 Å². The van der Waals surface area contributed by atoms with Gasteiger partial charge in [0.15, 0.2) is 0 Å². The Labute approximate surface area is 123 Å². The fourth-order valence-corrected chi connectivity index (χ4v) is 3.21. The van der Waals surface area contributed by atoms with E-state index in [-0.39, 0.29) is 5.69 Å². The van der Waals surface area contributed by atoms with E-state index in [4.69, 9.17) is 11.6 Å². The molecule has 0 saturated heterocycles. The Morgan fingerprint density at radius 3 is 2.75 bits per heavy atom. The van der Waals surface area contributed by atoms with Gasteiger partial charge in [0.2, 0.25) is 0 Å². The summed E-state index contributed by atoms with van der Waals surface area (Å²) in [6.45, 7) is 1.83. The molecule has 0 aliphatic rings. The SMILES string of the molecule is Cc1cc(-c2cc3ncnc(Cl)c3s2)cc([N+](=O)[O-])c1. The molecule has 100 valence electrons. The summed E-state index contributed by atoms with van der Waals surface area (Å²) in [4.78, 5) is 19.5. The third-order valence-electron chi connectivity index (χ3n) is 2.83. The van der Waals surface area contributed by atoms with Gasteiger partial charge in [0, 0.05) is 17.0 Å². The molecule has 7 heteroatoms. The molecule has 1 aromatic carbocycles. The summed E-state index contributed by atoms with van der Waals surface area (Å²) in [6.07, 6.45) is 1.40. The molecule has 0 N–H and O–H groups in total. The number of hydrogen-bond acceptors (Lipinski definition) is 5. The van der Waals surface area contributed by atoms with Crippen LogP contribution >= 0.6 is 22.9 Å². The molecule has 0 spiro atoms. The van der Waals surface area contributed by atoms with Crippen molar-refractivity contribution in [1.29, 1.82) is 0 Å². The summed E-state index contributed by atoms with van der Waals surface area (Å²) >= 11 is 7.45. The fraction of sp³-hybridized carbons (Fsp3) is 0.0769. The third kappa shape index (κ3) is 2.23. The molecular formula is C13H8ClN3O2S. The Hall–Kier alpha value is -2.05. The zero-order valence-electron chi connectivity index (χ0n) is 10.3. The number of thiophene rings is 1. The van der Waals surface area contributed by atoms with Crippen molar-refractivity contribution in [2.75, 3.05) is 0 Å². The van der Waals surface area contributed by atoms with Crippen LogP contribution < -0.4 is 0 Å². The molecule has 0 atom stereocenters. The van der Waals surface area contributed by atoms with Gasteiger partial charge in [-0.15, -0.1) is 11.3 Å². The monoisotopic (exact) mass is 305 g/mol. The molecule has 0 amide bonds. The molecule has 0 saturated carbocycles. The number of nitrogens with zero attached hydrogens (tertiary/aromatic N) is 3. The van der Waals surface area contributed by atoms with E-state index in [0.717, 1.165) is 26.2 Å². The lowest BCUT2D eigenvalue weighted by molar-refractivity contribution is -0.384. The average Bonchev–Trinajstić information content (AvgIpc) is 2.83. The molecule has 0 fully saturated rings. The predicted octanol–water partition coefficient (Wildman–Crippen LogP) is 4.23. The zero-order valence-corrected chi connectivity index (χ0v) is 11.9. The van der Waals surface area contributed by atoms with E-state index < -0.39 is 4.92 Å². The molecule has 3 aromatic rings. The molecule has 3 rings (SSSR count). The fourth-order valence-electron chi connectivity index (χ4n) is 1.98. The molecule has 2 heterocycles. The number of aromatic nitrogens is 2. The molecule has 0 radical (unpaired) electrons. The quantitative estimate of drug-likeness (QED) is 0.403. The number of halogens is 1. The number of nitro groups is 1. The van der Waals surface area contributed by atoms with Gasteiger partial charge in [0.1, 0.15) is 11.5 Å². The molecule has 0 aliphatic carbocycles. The summed E-state index contributed by atoms with van der Waals surface area (Å²) in [6, 6.07) is 6.87. The summed E-state index contributed by atoms with van der Waals surface area (Å²) in [5, 5.41) is 11.3. The maximum Gasteiger partial charge on any atom is 0.270 e. The second-order valence-electron chi connectivity index (χ2n) is 4.30. The standard InChI is InChI=1S/C13H8ClN3O2S/c1-7-2-8(4-9(3-7)17(18)19)11-5-10-12(20-11)13(14)16-6-15-10/h2-6H,1H3. The maximum atomic E-state index is 10.9. The van der Waals surface area contributed by atoms with Crippen LogP contribution in [0, 0.1) is 17.0 Å². The number of non-ortho nitro benzene ring substituents is 1. The highest BCUT2D eigenvalue weighted by Gasteiger charge is 2.13. The van der Waals surface area contributed by atoms with E-state index in [1.165, 1.54) is 17.7 Å². The molecular weight excluding hydrogens is 298 g/mol. The first-order valence-corrected chi connectivity index (χ1v) is 6.90. The van der Waals surface area contributed by atoms with Gasteiger partial charge in [-0.25, -0.2) is 9.97 Å². The second kappa shape index (κ2) is 4.81. The average molecular weight is 306 g/mol. The van der Waals surface area contributed by atoms with E-state index in [1.54, 1.807) is 12.1 Å². The molecule has 0 aliphatic heterocycles. The zero-order chi connectivity index (χ0) is 14.3. The van der Waals surface area contributed by atoms with Crippen molar-refractivity contribution in [3.8, 4) is 10.4 Å². The number of benzene rings is 1. The van der Waals surface area contributed by atoms with E-state index in [9.17, 15) is 10.1 Å². The van der Waals surface area contributed by atoms with Crippen LogP contribution in [0.4, 0.5) is 5.69 Å². The summed E-state index contributed by atoms with van der Waals surface area (Å²) in [5.74, 6) is 0. The topological polar surface area (TPSA) is 68.9 Å². The van der Waals surface area contributed by atoms with Crippen molar-refractivity contribution in [3.05, 3.63) is 51.4 Å². The van der Waals surface area contributed by atoms with Crippen LogP contribution in [0.25, 0.3) is 20.7 Å². The van der Waals surface area contributed by atoms with Gasteiger partial charge in [-0.05, 0) is 24.1 Å². The van der Waals surface area contributed by atoms with Crippen LogP contribution in [0.5, 0.6) is 0 Å². The van der Waals surface area contributed by atoms with Gasteiger partial charge >= 0.3 is 0 Å². The number of fused-ring (bicyclic) bond motifs is 1. The second-order valence-corrected chi connectivity index (χ2v) is 5.71. The molecule has 20 heavy (non-hydrogen) atoms. The van der Waals surface area contributed by atoms with Gasteiger partial charge < -0.3 is 0 Å². The number of aryl methyl sites for hydroxylation is 1. The first-order valence-electron chi connectivity index (χ1n) is 5.71. The van der Waals surface area contributed by atoms with Crippen LogP contribution in [0.3, 0.4) is 0 Å². The van der Waals surface area contributed by atoms with Crippen LogP contribution in [-0.4, -0.2) is 14.9 Å².